The maximum absolute atomic E-state index is 13.0. The number of benzene rings is 2. The Kier molecular flexibility index (Phi) is 7.91. The van der Waals surface area contributed by atoms with Crippen LogP contribution in [0.15, 0.2) is 65.5 Å². The lowest BCUT2D eigenvalue weighted by Gasteiger charge is -2.23. The number of nitrogens with one attached hydrogen (secondary N) is 2. The molecule has 0 aliphatic rings. The highest BCUT2D eigenvalue weighted by molar-refractivity contribution is 5.98. The minimum Gasteiger partial charge on any atom is -0.451 e. The van der Waals surface area contributed by atoms with Gasteiger partial charge in [-0.3, -0.25) is 19.1 Å². The standard InChI is InChI=1S/C26H30N4O5/c1-16(2)21(27-24(32)19-12-8-6-9-13-19)26(34)35-18(4)23(31)28-22-17(3)29(5)30(25(22)33)20-14-10-7-11-15-20/h6-16,18,21H,1-5H3,(H,27,32)(H,28,31)/t18-,21+/m1/s1. The van der Waals surface area contributed by atoms with Gasteiger partial charge in [0.25, 0.3) is 17.4 Å². The van der Waals surface area contributed by atoms with E-state index in [2.05, 4.69) is 10.6 Å². The molecule has 0 aliphatic carbocycles. The van der Waals surface area contributed by atoms with Crippen LogP contribution in [0.1, 0.15) is 36.8 Å². The minimum atomic E-state index is -1.19. The van der Waals surface area contributed by atoms with E-state index in [1.807, 2.05) is 18.2 Å². The van der Waals surface area contributed by atoms with Crippen LogP contribution in [0.25, 0.3) is 5.69 Å². The summed E-state index contributed by atoms with van der Waals surface area (Å²) in [5.41, 5.74) is 1.30. The van der Waals surface area contributed by atoms with E-state index in [4.69, 9.17) is 4.74 Å². The average molecular weight is 479 g/mol. The molecule has 0 saturated carbocycles. The topological polar surface area (TPSA) is 111 Å². The lowest BCUT2D eigenvalue weighted by atomic mass is 10.0. The second-order valence-corrected chi connectivity index (χ2v) is 8.57. The maximum Gasteiger partial charge on any atom is 0.329 e. The van der Waals surface area contributed by atoms with Gasteiger partial charge in [-0.15, -0.1) is 0 Å². The van der Waals surface area contributed by atoms with Crippen molar-refractivity contribution in [1.29, 1.82) is 0 Å². The molecule has 0 saturated heterocycles. The zero-order chi connectivity index (χ0) is 25.7. The third-order valence-electron chi connectivity index (χ3n) is 5.71. The highest BCUT2D eigenvalue weighted by Crippen LogP contribution is 2.15. The van der Waals surface area contributed by atoms with Crippen molar-refractivity contribution in [2.45, 2.75) is 39.8 Å². The summed E-state index contributed by atoms with van der Waals surface area (Å²) in [6.45, 7) is 6.65. The first-order chi connectivity index (χ1) is 16.6. The molecule has 9 heteroatoms. The van der Waals surface area contributed by atoms with Crippen LogP contribution in [0.3, 0.4) is 0 Å². The lowest BCUT2D eigenvalue weighted by molar-refractivity contribution is -0.156. The van der Waals surface area contributed by atoms with Crippen LogP contribution in [0.4, 0.5) is 5.69 Å². The van der Waals surface area contributed by atoms with Crippen LogP contribution >= 0.6 is 0 Å². The van der Waals surface area contributed by atoms with Gasteiger partial charge in [-0.25, -0.2) is 9.48 Å². The molecule has 0 unspecified atom stereocenters. The van der Waals surface area contributed by atoms with Crippen LogP contribution in [0.5, 0.6) is 0 Å². The predicted molar refractivity (Wildman–Crippen MR) is 132 cm³/mol. The van der Waals surface area contributed by atoms with Gasteiger partial charge in [0, 0.05) is 12.6 Å². The summed E-state index contributed by atoms with van der Waals surface area (Å²) in [6.07, 6.45) is -1.19. The van der Waals surface area contributed by atoms with Crippen LogP contribution in [-0.4, -0.2) is 39.3 Å². The molecule has 1 heterocycles. The molecule has 2 amide bonds. The summed E-state index contributed by atoms with van der Waals surface area (Å²) in [4.78, 5) is 51.2. The lowest BCUT2D eigenvalue weighted by Crippen LogP contribution is -2.47. The van der Waals surface area contributed by atoms with Crippen molar-refractivity contribution in [2.75, 3.05) is 5.32 Å². The smallest absolute Gasteiger partial charge is 0.329 e. The summed E-state index contributed by atoms with van der Waals surface area (Å²) in [5, 5.41) is 5.26. The Labute approximate surface area is 203 Å². The van der Waals surface area contributed by atoms with E-state index >= 15 is 0 Å². The number of esters is 1. The fraction of sp³-hybridized carbons (Fsp3) is 0.308. The van der Waals surface area contributed by atoms with E-state index in [1.54, 1.807) is 75.0 Å². The molecule has 1 aromatic heterocycles. The van der Waals surface area contributed by atoms with E-state index in [0.29, 0.717) is 16.9 Å². The number of anilines is 1. The predicted octanol–water partition coefficient (Wildman–Crippen LogP) is 2.81. The Hall–Kier alpha value is -4.14. The summed E-state index contributed by atoms with van der Waals surface area (Å²) >= 11 is 0. The van der Waals surface area contributed by atoms with Gasteiger partial charge in [0.1, 0.15) is 11.7 Å². The number of aromatic nitrogens is 2. The molecule has 2 atom stereocenters. The van der Waals surface area contributed by atoms with Gasteiger partial charge < -0.3 is 15.4 Å². The van der Waals surface area contributed by atoms with Gasteiger partial charge in [-0.1, -0.05) is 50.2 Å². The Morgan fingerprint density at radius 1 is 0.914 bits per heavy atom. The number of carbonyl (C=O) groups excluding carboxylic acids is 3. The van der Waals surface area contributed by atoms with Crippen LogP contribution in [0.2, 0.25) is 0 Å². The van der Waals surface area contributed by atoms with Crippen molar-refractivity contribution in [3.8, 4) is 5.69 Å². The fourth-order valence-corrected chi connectivity index (χ4v) is 3.55. The van der Waals surface area contributed by atoms with Gasteiger partial charge in [0.2, 0.25) is 0 Å². The van der Waals surface area contributed by atoms with Gasteiger partial charge in [-0.2, -0.15) is 0 Å². The molecule has 0 bridgehead atoms. The first kappa shape index (κ1) is 25.5. The Balaban J connectivity index is 1.71. The molecule has 35 heavy (non-hydrogen) atoms. The molecular formula is C26H30N4O5. The first-order valence-corrected chi connectivity index (χ1v) is 11.3. The highest BCUT2D eigenvalue weighted by Gasteiger charge is 2.30. The van der Waals surface area contributed by atoms with Crippen molar-refractivity contribution in [3.63, 3.8) is 0 Å². The SMILES string of the molecule is Cc1c(NC(=O)[C@@H](C)OC(=O)[C@@H](NC(=O)c2ccccc2)C(C)C)c(=O)n(-c2ccccc2)n1C. The van der Waals surface area contributed by atoms with Gasteiger partial charge in [0.15, 0.2) is 6.10 Å². The van der Waals surface area contributed by atoms with Crippen molar-refractivity contribution < 1.29 is 19.1 Å². The monoisotopic (exact) mass is 478 g/mol. The second-order valence-electron chi connectivity index (χ2n) is 8.57. The van der Waals surface area contributed by atoms with Crippen LogP contribution in [0, 0.1) is 12.8 Å². The molecule has 0 aliphatic heterocycles. The molecule has 0 fully saturated rings. The van der Waals surface area contributed by atoms with Crippen molar-refractivity contribution >= 4 is 23.5 Å². The van der Waals surface area contributed by atoms with E-state index in [-0.39, 0.29) is 11.6 Å². The van der Waals surface area contributed by atoms with E-state index < -0.39 is 35.5 Å². The van der Waals surface area contributed by atoms with Crippen LogP contribution < -0.4 is 16.2 Å². The number of para-hydroxylation sites is 1. The van der Waals surface area contributed by atoms with Crippen molar-refractivity contribution in [2.24, 2.45) is 13.0 Å². The molecule has 9 nitrogen and oxygen atoms in total. The summed E-state index contributed by atoms with van der Waals surface area (Å²) in [7, 11) is 1.71. The summed E-state index contributed by atoms with van der Waals surface area (Å²) in [6, 6.07) is 16.6. The van der Waals surface area contributed by atoms with Gasteiger partial charge in [0.05, 0.1) is 11.4 Å². The quantitative estimate of drug-likeness (QED) is 0.484. The zero-order valence-corrected chi connectivity index (χ0v) is 20.4. The zero-order valence-electron chi connectivity index (χ0n) is 20.4. The van der Waals surface area contributed by atoms with E-state index in [1.165, 1.54) is 11.6 Å². The average Bonchev–Trinajstić information content (AvgIpc) is 3.05. The maximum atomic E-state index is 13.0. The Bertz CT molecular complexity index is 1260. The summed E-state index contributed by atoms with van der Waals surface area (Å²) in [5.74, 6) is -2.08. The third-order valence-corrected chi connectivity index (χ3v) is 5.71. The molecule has 184 valence electrons. The molecule has 2 N–H and O–H groups in total. The van der Waals surface area contributed by atoms with Gasteiger partial charge >= 0.3 is 5.97 Å². The normalized spacial score (nSPS) is 12.6. The third kappa shape index (κ3) is 5.68. The highest BCUT2D eigenvalue weighted by atomic mass is 16.5. The molecule has 3 rings (SSSR count). The van der Waals surface area contributed by atoms with Crippen molar-refractivity contribution in [3.05, 3.63) is 82.3 Å². The number of nitrogens with zero attached hydrogens (tertiary/aromatic N) is 2. The largest absolute Gasteiger partial charge is 0.451 e. The van der Waals surface area contributed by atoms with Crippen molar-refractivity contribution in [1.82, 2.24) is 14.7 Å². The number of ether oxygens (including phenoxy) is 1. The number of rotatable bonds is 8. The Morgan fingerprint density at radius 3 is 2.06 bits per heavy atom. The van der Waals surface area contributed by atoms with Gasteiger partial charge in [-0.05, 0) is 44.0 Å². The fourth-order valence-electron chi connectivity index (χ4n) is 3.55. The molecule has 3 aromatic rings. The number of carbonyl (C=O) groups is 3. The molecule has 0 spiro atoms. The molecule has 2 aromatic carbocycles. The number of hydrogen-bond donors (Lipinski definition) is 2. The first-order valence-electron chi connectivity index (χ1n) is 11.3. The Morgan fingerprint density at radius 2 is 1.49 bits per heavy atom. The molecule has 0 radical (unpaired) electrons. The number of amides is 2. The number of hydrogen-bond acceptors (Lipinski definition) is 5. The van der Waals surface area contributed by atoms with E-state index in [0.717, 1.165) is 0 Å². The minimum absolute atomic E-state index is 0.0991. The van der Waals surface area contributed by atoms with Crippen LogP contribution in [-0.2, 0) is 21.4 Å². The molecular weight excluding hydrogens is 448 g/mol. The van der Waals surface area contributed by atoms with E-state index in [9.17, 15) is 19.2 Å². The second kappa shape index (κ2) is 10.9. The summed E-state index contributed by atoms with van der Waals surface area (Å²) < 4.78 is 8.44.